The number of aliphatic hydroxyl groups excluding tert-OH is 1. The van der Waals surface area contributed by atoms with Crippen LogP contribution in [0.3, 0.4) is 0 Å². The Hall–Kier alpha value is -2.30. The molecule has 0 radical (unpaired) electrons. The molecular formula is C26H34O. The van der Waals surface area contributed by atoms with Gasteiger partial charge < -0.3 is 5.11 Å². The molecule has 27 heavy (non-hydrogen) atoms. The van der Waals surface area contributed by atoms with Crippen LogP contribution in [-0.4, -0.2) is 5.11 Å². The number of unbranched alkanes of at least 4 members (excludes halogenated alkanes) is 1. The van der Waals surface area contributed by atoms with E-state index in [0.29, 0.717) is 0 Å². The molecule has 0 amide bonds. The number of hydrogen-bond donors (Lipinski definition) is 1. The molecule has 0 atom stereocenters. The van der Waals surface area contributed by atoms with E-state index in [1.165, 1.54) is 24.0 Å². The van der Waals surface area contributed by atoms with Gasteiger partial charge in [0.1, 0.15) is 0 Å². The van der Waals surface area contributed by atoms with Crippen molar-refractivity contribution in [2.45, 2.75) is 66.9 Å². The van der Waals surface area contributed by atoms with Gasteiger partial charge in [-0.25, -0.2) is 0 Å². The molecule has 1 rings (SSSR count). The molecule has 0 aliphatic heterocycles. The summed E-state index contributed by atoms with van der Waals surface area (Å²) in [4.78, 5) is 0. The largest absolute Gasteiger partial charge is 0.392 e. The van der Waals surface area contributed by atoms with Gasteiger partial charge in [-0.1, -0.05) is 74.1 Å². The molecule has 0 bridgehead atoms. The summed E-state index contributed by atoms with van der Waals surface area (Å²) in [6, 6.07) is 5.93. The highest BCUT2D eigenvalue weighted by atomic mass is 16.3. The average molecular weight is 363 g/mol. The first-order valence-corrected chi connectivity index (χ1v) is 9.98. The maximum Gasteiger partial charge on any atom is 0.0682 e. The fourth-order valence-corrected chi connectivity index (χ4v) is 2.66. The van der Waals surface area contributed by atoms with Gasteiger partial charge in [-0.3, -0.25) is 0 Å². The van der Waals surface area contributed by atoms with Crippen molar-refractivity contribution in [3.05, 3.63) is 82.0 Å². The number of hydrogen-bond acceptors (Lipinski definition) is 1. The quantitative estimate of drug-likeness (QED) is 0.397. The minimum Gasteiger partial charge on any atom is -0.392 e. The summed E-state index contributed by atoms with van der Waals surface area (Å²) >= 11 is 0. The lowest BCUT2D eigenvalue weighted by molar-refractivity contribution is 0.282. The second-order valence-electron chi connectivity index (χ2n) is 6.81. The molecule has 1 aromatic carbocycles. The molecule has 0 fully saturated rings. The summed E-state index contributed by atoms with van der Waals surface area (Å²) in [6.45, 7) is 10.7. The van der Waals surface area contributed by atoms with Crippen molar-refractivity contribution in [1.82, 2.24) is 0 Å². The molecule has 0 aliphatic rings. The van der Waals surface area contributed by atoms with Crippen molar-refractivity contribution >= 4 is 0 Å². The maximum atomic E-state index is 9.37. The Morgan fingerprint density at radius 3 is 2.59 bits per heavy atom. The van der Waals surface area contributed by atoms with Crippen molar-refractivity contribution in [3.8, 4) is 11.8 Å². The molecule has 0 aromatic heterocycles. The summed E-state index contributed by atoms with van der Waals surface area (Å²) in [7, 11) is 0. The van der Waals surface area contributed by atoms with E-state index in [1.807, 2.05) is 18.2 Å². The van der Waals surface area contributed by atoms with Crippen LogP contribution in [0.15, 0.2) is 65.3 Å². The molecule has 0 saturated heterocycles. The second kappa shape index (κ2) is 13.0. The first-order valence-electron chi connectivity index (χ1n) is 9.98. The lowest BCUT2D eigenvalue weighted by Gasteiger charge is -2.05. The monoisotopic (exact) mass is 362 g/mol. The lowest BCUT2D eigenvalue weighted by atomic mass is 10.00. The van der Waals surface area contributed by atoms with Crippen LogP contribution in [0.4, 0.5) is 0 Å². The Kier molecular flexibility index (Phi) is 10.9. The zero-order chi connectivity index (χ0) is 20.1. The van der Waals surface area contributed by atoms with E-state index in [2.05, 4.69) is 76.8 Å². The third kappa shape index (κ3) is 8.29. The van der Waals surface area contributed by atoms with E-state index >= 15 is 0 Å². The molecule has 0 heterocycles. The van der Waals surface area contributed by atoms with Crippen LogP contribution < -0.4 is 0 Å². The van der Waals surface area contributed by atoms with E-state index in [-0.39, 0.29) is 6.61 Å². The lowest BCUT2D eigenvalue weighted by Crippen LogP contribution is -1.89. The molecule has 0 aliphatic carbocycles. The maximum absolute atomic E-state index is 9.37. The van der Waals surface area contributed by atoms with Crippen LogP contribution in [0, 0.1) is 18.8 Å². The number of rotatable bonds is 8. The molecule has 0 saturated carbocycles. The first-order chi connectivity index (χ1) is 13.0. The van der Waals surface area contributed by atoms with E-state index < -0.39 is 0 Å². The van der Waals surface area contributed by atoms with Gasteiger partial charge >= 0.3 is 0 Å². The predicted octanol–water partition coefficient (Wildman–Crippen LogP) is 6.81. The van der Waals surface area contributed by atoms with Crippen molar-refractivity contribution in [2.75, 3.05) is 0 Å². The van der Waals surface area contributed by atoms with Crippen molar-refractivity contribution in [2.24, 2.45) is 0 Å². The third-order valence-electron chi connectivity index (χ3n) is 4.41. The van der Waals surface area contributed by atoms with E-state index in [1.54, 1.807) is 0 Å². The van der Waals surface area contributed by atoms with Gasteiger partial charge in [-0.2, -0.15) is 0 Å². The Labute approximate surface area is 166 Å². The van der Waals surface area contributed by atoms with Crippen LogP contribution in [0.25, 0.3) is 0 Å². The van der Waals surface area contributed by atoms with E-state index in [4.69, 9.17) is 0 Å². The standard InChI is InChI=1S/C26H34O/c1-6-9-12-21(4)25(11-8-3)18-23(13-10-7-2)16-17-26-19-24(20-27)15-14-22(26)5/h8,10-11,13-15,18-19,27H,6-7,9,12,20H2,1-5H3/b11-8-,13-10+,23-18+,25-21+. The molecular weight excluding hydrogens is 328 g/mol. The molecule has 1 N–H and O–H groups in total. The summed E-state index contributed by atoms with van der Waals surface area (Å²) in [5.41, 5.74) is 6.65. The predicted molar refractivity (Wildman–Crippen MR) is 119 cm³/mol. The molecule has 1 nitrogen and oxygen atoms in total. The molecule has 0 spiro atoms. The van der Waals surface area contributed by atoms with Crippen LogP contribution in [0.2, 0.25) is 0 Å². The minimum absolute atomic E-state index is 0.0399. The van der Waals surface area contributed by atoms with Crippen molar-refractivity contribution < 1.29 is 5.11 Å². The Balaban J connectivity index is 3.33. The third-order valence-corrected chi connectivity index (χ3v) is 4.41. The number of allylic oxidation sites excluding steroid dienone is 8. The highest BCUT2D eigenvalue weighted by Crippen LogP contribution is 2.17. The van der Waals surface area contributed by atoms with Gasteiger partial charge in [0, 0.05) is 11.1 Å². The Morgan fingerprint density at radius 2 is 1.96 bits per heavy atom. The van der Waals surface area contributed by atoms with Gasteiger partial charge in [0.05, 0.1) is 6.61 Å². The van der Waals surface area contributed by atoms with Gasteiger partial charge in [-0.15, -0.1) is 0 Å². The summed E-state index contributed by atoms with van der Waals surface area (Å²) in [5.74, 6) is 6.64. The van der Waals surface area contributed by atoms with Gasteiger partial charge in [0.2, 0.25) is 0 Å². The molecule has 0 unspecified atom stereocenters. The van der Waals surface area contributed by atoms with Gasteiger partial charge in [-0.05, 0) is 68.9 Å². The van der Waals surface area contributed by atoms with Gasteiger partial charge in [0.25, 0.3) is 0 Å². The summed E-state index contributed by atoms with van der Waals surface area (Å²) < 4.78 is 0. The Morgan fingerprint density at radius 1 is 1.19 bits per heavy atom. The normalized spacial score (nSPS) is 13.0. The van der Waals surface area contributed by atoms with Crippen LogP contribution in [0.5, 0.6) is 0 Å². The first kappa shape index (κ1) is 22.7. The zero-order valence-electron chi connectivity index (χ0n) is 17.6. The van der Waals surface area contributed by atoms with Crippen LogP contribution >= 0.6 is 0 Å². The average Bonchev–Trinajstić information content (AvgIpc) is 2.68. The molecule has 1 aromatic rings. The molecule has 1 heteroatoms. The number of aliphatic hydroxyl groups is 1. The second-order valence-corrected chi connectivity index (χ2v) is 6.81. The SMILES string of the molecule is C\C=C/C(/C=C(C#Cc1cc(CO)ccc1C)\C=C\CC)=C(/C)CCCC. The smallest absolute Gasteiger partial charge is 0.0682 e. The van der Waals surface area contributed by atoms with Crippen molar-refractivity contribution in [1.29, 1.82) is 0 Å². The summed E-state index contributed by atoms with van der Waals surface area (Å²) in [6.07, 6.45) is 15.2. The van der Waals surface area contributed by atoms with Crippen molar-refractivity contribution in [3.63, 3.8) is 0 Å². The van der Waals surface area contributed by atoms with Crippen LogP contribution in [0.1, 0.15) is 70.1 Å². The van der Waals surface area contributed by atoms with E-state index in [0.717, 1.165) is 35.1 Å². The summed E-state index contributed by atoms with van der Waals surface area (Å²) in [5, 5.41) is 9.37. The number of aryl methyl sites for hydroxylation is 1. The topological polar surface area (TPSA) is 20.2 Å². The highest BCUT2D eigenvalue weighted by Gasteiger charge is 2.00. The zero-order valence-corrected chi connectivity index (χ0v) is 17.6. The van der Waals surface area contributed by atoms with Gasteiger partial charge in [0.15, 0.2) is 0 Å². The minimum atomic E-state index is 0.0399. The fourth-order valence-electron chi connectivity index (χ4n) is 2.66. The Bertz CT molecular complexity index is 776. The highest BCUT2D eigenvalue weighted by molar-refractivity contribution is 5.52. The van der Waals surface area contributed by atoms with Crippen LogP contribution in [-0.2, 0) is 6.61 Å². The fraction of sp³-hybridized carbons (Fsp3) is 0.385. The number of benzene rings is 1. The van der Waals surface area contributed by atoms with E-state index in [9.17, 15) is 5.11 Å². The molecule has 144 valence electrons.